The Kier molecular flexibility index (Phi) is 3.90. The van der Waals surface area contributed by atoms with Crippen LogP contribution in [-0.4, -0.2) is 14.3 Å². The molecule has 136 valence electrons. The van der Waals surface area contributed by atoms with Gasteiger partial charge in [-0.2, -0.15) is 5.10 Å². The minimum Gasteiger partial charge on any atom is -0.346 e. The normalized spacial score (nSPS) is 20.6. The molecule has 0 aliphatic heterocycles. The van der Waals surface area contributed by atoms with E-state index >= 15 is 0 Å². The summed E-state index contributed by atoms with van der Waals surface area (Å²) in [5.41, 5.74) is 6.29. The minimum absolute atomic E-state index is 0.0866. The molecule has 0 saturated heterocycles. The van der Waals surface area contributed by atoms with Crippen LogP contribution in [0.4, 0.5) is 0 Å². The molecule has 0 N–H and O–H groups in total. The SMILES string of the molecule is CC(C)(C)n1cc2c(n1)CC(CC(C)(C)n1ccc3c1CCCC3)C2. The van der Waals surface area contributed by atoms with Crippen molar-refractivity contribution >= 4 is 0 Å². The zero-order valence-electron chi connectivity index (χ0n) is 16.6. The lowest BCUT2D eigenvalue weighted by Crippen LogP contribution is -2.31. The van der Waals surface area contributed by atoms with Crippen LogP contribution < -0.4 is 0 Å². The molecule has 1 unspecified atom stereocenters. The number of nitrogens with zero attached hydrogens (tertiary/aromatic N) is 3. The van der Waals surface area contributed by atoms with Crippen molar-refractivity contribution in [2.24, 2.45) is 5.92 Å². The fraction of sp³-hybridized carbons (Fsp3) is 0.682. The number of aryl methyl sites for hydroxylation is 1. The van der Waals surface area contributed by atoms with Crippen LogP contribution in [0.3, 0.4) is 0 Å². The van der Waals surface area contributed by atoms with E-state index in [-0.39, 0.29) is 11.1 Å². The van der Waals surface area contributed by atoms with Gasteiger partial charge in [-0.15, -0.1) is 0 Å². The van der Waals surface area contributed by atoms with Gasteiger partial charge in [0, 0.05) is 23.6 Å². The second-order valence-electron chi connectivity index (χ2n) is 9.87. The van der Waals surface area contributed by atoms with E-state index in [0.29, 0.717) is 0 Å². The van der Waals surface area contributed by atoms with Crippen molar-refractivity contribution in [3.8, 4) is 0 Å². The molecule has 0 amide bonds. The zero-order valence-corrected chi connectivity index (χ0v) is 16.6. The predicted molar refractivity (Wildman–Crippen MR) is 103 cm³/mol. The third-order valence-corrected chi connectivity index (χ3v) is 6.19. The average Bonchev–Trinajstić information content (AvgIpc) is 3.17. The van der Waals surface area contributed by atoms with Gasteiger partial charge in [-0.3, -0.25) is 4.68 Å². The second kappa shape index (κ2) is 5.75. The van der Waals surface area contributed by atoms with E-state index in [1.54, 1.807) is 11.3 Å². The van der Waals surface area contributed by atoms with Crippen LogP contribution in [0.15, 0.2) is 18.5 Å². The Balaban J connectivity index is 1.49. The summed E-state index contributed by atoms with van der Waals surface area (Å²) in [5, 5.41) is 4.89. The highest BCUT2D eigenvalue weighted by molar-refractivity contribution is 5.27. The highest BCUT2D eigenvalue weighted by atomic mass is 15.3. The summed E-state index contributed by atoms with van der Waals surface area (Å²) in [5.74, 6) is 0.726. The molecule has 2 aliphatic rings. The van der Waals surface area contributed by atoms with Gasteiger partial charge in [0.25, 0.3) is 0 Å². The first-order chi connectivity index (χ1) is 11.7. The molecular formula is C22H33N3. The van der Waals surface area contributed by atoms with Crippen LogP contribution in [0.1, 0.15) is 76.4 Å². The predicted octanol–water partition coefficient (Wildman–Crippen LogP) is 4.86. The van der Waals surface area contributed by atoms with E-state index in [1.165, 1.54) is 49.8 Å². The summed E-state index contributed by atoms with van der Waals surface area (Å²) in [6.45, 7) is 11.5. The Hall–Kier alpha value is -1.51. The lowest BCUT2D eigenvalue weighted by molar-refractivity contribution is 0.259. The minimum atomic E-state index is 0.0866. The molecular weight excluding hydrogens is 306 g/mol. The van der Waals surface area contributed by atoms with Gasteiger partial charge in [0.05, 0.1) is 11.2 Å². The lowest BCUT2D eigenvalue weighted by atomic mass is 9.87. The largest absolute Gasteiger partial charge is 0.346 e. The van der Waals surface area contributed by atoms with Crippen LogP contribution in [0, 0.1) is 5.92 Å². The van der Waals surface area contributed by atoms with Crippen LogP contribution in [0.5, 0.6) is 0 Å². The van der Waals surface area contributed by atoms with Gasteiger partial charge < -0.3 is 4.57 Å². The standard InChI is InChI=1S/C22H33N3/c1-21(2,3)25-15-18-12-16(13-19(18)23-25)14-22(4,5)24-11-10-17-8-6-7-9-20(17)24/h10-11,15-16H,6-9,12-14H2,1-5H3. The molecule has 3 heteroatoms. The zero-order chi connectivity index (χ0) is 17.8. The highest BCUT2D eigenvalue weighted by Crippen LogP contribution is 2.37. The molecule has 0 aromatic carbocycles. The monoisotopic (exact) mass is 339 g/mol. The molecule has 4 rings (SSSR count). The van der Waals surface area contributed by atoms with Gasteiger partial charge in [0.15, 0.2) is 0 Å². The van der Waals surface area contributed by atoms with Gasteiger partial charge >= 0.3 is 0 Å². The summed E-state index contributed by atoms with van der Waals surface area (Å²) < 4.78 is 4.74. The molecule has 2 aromatic rings. The van der Waals surface area contributed by atoms with Gasteiger partial charge in [0.2, 0.25) is 0 Å². The lowest BCUT2D eigenvalue weighted by Gasteiger charge is -2.33. The van der Waals surface area contributed by atoms with Gasteiger partial charge in [0.1, 0.15) is 0 Å². The fourth-order valence-electron chi connectivity index (χ4n) is 4.93. The van der Waals surface area contributed by atoms with Crippen LogP contribution in [0.25, 0.3) is 0 Å². The Morgan fingerprint density at radius 1 is 1.04 bits per heavy atom. The smallest absolute Gasteiger partial charge is 0.0659 e. The Bertz CT molecular complexity index is 746. The number of hydrogen-bond donors (Lipinski definition) is 0. The third-order valence-electron chi connectivity index (χ3n) is 6.19. The van der Waals surface area contributed by atoms with E-state index in [1.807, 2.05) is 0 Å². The first-order valence-electron chi connectivity index (χ1n) is 10.0. The van der Waals surface area contributed by atoms with Crippen molar-refractivity contribution in [1.82, 2.24) is 14.3 Å². The highest BCUT2D eigenvalue weighted by Gasteiger charge is 2.33. The maximum Gasteiger partial charge on any atom is 0.0659 e. The summed E-state index contributed by atoms with van der Waals surface area (Å²) in [6.07, 6.45) is 13.5. The average molecular weight is 340 g/mol. The number of hydrogen-bond acceptors (Lipinski definition) is 1. The maximum atomic E-state index is 4.89. The van der Waals surface area contributed by atoms with E-state index in [4.69, 9.17) is 5.10 Å². The van der Waals surface area contributed by atoms with Gasteiger partial charge in [-0.25, -0.2) is 0 Å². The molecule has 1 atom stereocenters. The topological polar surface area (TPSA) is 22.8 Å². The van der Waals surface area contributed by atoms with Gasteiger partial charge in [-0.1, -0.05) is 0 Å². The number of rotatable bonds is 3. The molecule has 0 bridgehead atoms. The molecule has 0 radical (unpaired) electrons. The van der Waals surface area contributed by atoms with Crippen LogP contribution >= 0.6 is 0 Å². The number of aromatic nitrogens is 3. The van der Waals surface area contributed by atoms with E-state index < -0.39 is 0 Å². The molecule has 0 fully saturated rings. The van der Waals surface area contributed by atoms with E-state index in [9.17, 15) is 0 Å². The Morgan fingerprint density at radius 3 is 2.52 bits per heavy atom. The Morgan fingerprint density at radius 2 is 1.80 bits per heavy atom. The molecule has 2 aromatic heterocycles. The quantitative estimate of drug-likeness (QED) is 0.783. The number of fused-ring (bicyclic) bond motifs is 2. The van der Waals surface area contributed by atoms with E-state index in [0.717, 1.165) is 12.3 Å². The molecule has 2 heterocycles. The van der Waals surface area contributed by atoms with Crippen molar-refractivity contribution in [1.29, 1.82) is 0 Å². The maximum absolute atomic E-state index is 4.89. The van der Waals surface area contributed by atoms with E-state index in [2.05, 4.69) is 62.3 Å². The van der Waals surface area contributed by atoms with Crippen LogP contribution in [-0.2, 0) is 36.8 Å². The molecule has 25 heavy (non-hydrogen) atoms. The molecule has 2 aliphatic carbocycles. The molecule has 0 spiro atoms. The first-order valence-corrected chi connectivity index (χ1v) is 10.0. The Labute approximate surface area is 152 Å². The molecule has 3 nitrogen and oxygen atoms in total. The first kappa shape index (κ1) is 16.9. The summed E-state index contributed by atoms with van der Waals surface area (Å²) in [7, 11) is 0. The second-order valence-corrected chi connectivity index (χ2v) is 9.87. The summed E-state index contributed by atoms with van der Waals surface area (Å²) in [6, 6.07) is 2.37. The van der Waals surface area contributed by atoms with Crippen LogP contribution in [0.2, 0.25) is 0 Å². The van der Waals surface area contributed by atoms with Crippen molar-refractivity contribution < 1.29 is 0 Å². The van der Waals surface area contributed by atoms with Gasteiger partial charge in [-0.05, 0) is 103 Å². The summed E-state index contributed by atoms with van der Waals surface area (Å²) in [4.78, 5) is 0. The van der Waals surface area contributed by atoms with Crippen molar-refractivity contribution in [2.75, 3.05) is 0 Å². The van der Waals surface area contributed by atoms with Crippen molar-refractivity contribution in [3.05, 3.63) is 41.0 Å². The van der Waals surface area contributed by atoms with Crippen molar-refractivity contribution in [2.45, 2.75) is 90.6 Å². The molecule has 0 saturated carbocycles. The summed E-state index contributed by atoms with van der Waals surface area (Å²) >= 11 is 0. The van der Waals surface area contributed by atoms with Crippen molar-refractivity contribution in [3.63, 3.8) is 0 Å². The third kappa shape index (κ3) is 3.07. The fourth-order valence-corrected chi connectivity index (χ4v) is 4.93.